The molecule has 1 aliphatic carbocycles. The summed E-state index contributed by atoms with van der Waals surface area (Å²) in [6.07, 6.45) is 2.10. The Bertz CT molecular complexity index is 116. The first-order chi connectivity index (χ1) is 5.27. The van der Waals surface area contributed by atoms with E-state index in [0.29, 0.717) is 6.42 Å². The van der Waals surface area contributed by atoms with Crippen LogP contribution in [0.15, 0.2) is 0 Å². The molecule has 2 N–H and O–H groups in total. The average Bonchev–Trinajstić information content (AvgIpc) is 2.04. The molecule has 0 radical (unpaired) electrons. The van der Waals surface area contributed by atoms with Crippen molar-refractivity contribution in [3.05, 3.63) is 0 Å². The predicted molar refractivity (Wildman–Crippen MR) is 41.2 cm³/mol. The first kappa shape index (κ1) is 8.97. The zero-order valence-corrected chi connectivity index (χ0v) is 6.86. The largest absolute Gasteiger partial charge is 0.396 e. The van der Waals surface area contributed by atoms with Gasteiger partial charge in [0.15, 0.2) is 0 Å². The Morgan fingerprint density at radius 3 is 2.64 bits per heavy atom. The van der Waals surface area contributed by atoms with Crippen LogP contribution in [0.1, 0.15) is 19.3 Å². The van der Waals surface area contributed by atoms with E-state index in [0.717, 1.165) is 12.8 Å². The van der Waals surface area contributed by atoms with E-state index in [2.05, 4.69) is 0 Å². The number of ether oxygens (including phenoxy) is 1. The predicted octanol–water partition coefficient (Wildman–Crippen LogP) is 0.155. The van der Waals surface area contributed by atoms with Gasteiger partial charge in [-0.25, -0.2) is 0 Å². The highest BCUT2D eigenvalue weighted by Gasteiger charge is 2.28. The van der Waals surface area contributed by atoms with Crippen LogP contribution in [0.5, 0.6) is 0 Å². The van der Waals surface area contributed by atoms with Crippen LogP contribution in [-0.2, 0) is 4.74 Å². The van der Waals surface area contributed by atoms with Crippen LogP contribution in [0.25, 0.3) is 0 Å². The Morgan fingerprint density at radius 1 is 1.45 bits per heavy atom. The summed E-state index contributed by atoms with van der Waals surface area (Å²) < 4.78 is 5.06. The van der Waals surface area contributed by atoms with Crippen molar-refractivity contribution in [3.8, 4) is 0 Å². The fraction of sp³-hybridized carbons (Fsp3) is 1.00. The van der Waals surface area contributed by atoms with E-state index in [-0.39, 0.29) is 24.7 Å². The molecule has 66 valence electrons. The monoisotopic (exact) mass is 160 g/mol. The number of aliphatic hydroxyl groups excluding tert-OH is 2. The molecule has 11 heavy (non-hydrogen) atoms. The maximum Gasteiger partial charge on any atom is 0.0830 e. The lowest BCUT2D eigenvalue weighted by atomic mass is 9.86. The highest BCUT2D eigenvalue weighted by molar-refractivity contribution is 4.79. The zero-order valence-electron chi connectivity index (χ0n) is 6.86. The molecular formula is C8H16O3. The molecule has 0 aromatic carbocycles. The van der Waals surface area contributed by atoms with E-state index in [4.69, 9.17) is 9.84 Å². The molecule has 0 aromatic heterocycles. The van der Waals surface area contributed by atoms with Gasteiger partial charge in [-0.3, -0.25) is 0 Å². The van der Waals surface area contributed by atoms with Crippen molar-refractivity contribution in [3.63, 3.8) is 0 Å². The first-order valence-electron chi connectivity index (χ1n) is 4.09. The van der Waals surface area contributed by atoms with Crippen molar-refractivity contribution in [2.24, 2.45) is 5.92 Å². The molecule has 0 saturated heterocycles. The minimum absolute atomic E-state index is 0.0159. The number of hydrogen-bond donors (Lipinski definition) is 2. The highest BCUT2D eigenvalue weighted by Crippen LogP contribution is 2.25. The van der Waals surface area contributed by atoms with Crippen LogP contribution in [0.4, 0.5) is 0 Å². The second kappa shape index (κ2) is 4.04. The third kappa shape index (κ3) is 2.15. The van der Waals surface area contributed by atoms with Crippen molar-refractivity contribution < 1.29 is 14.9 Å². The number of methoxy groups -OCH3 is 1. The van der Waals surface area contributed by atoms with E-state index >= 15 is 0 Å². The zero-order chi connectivity index (χ0) is 8.27. The summed E-state index contributed by atoms with van der Waals surface area (Å²) in [7, 11) is 1.62. The molecule has 0 bridgehead atoms. The van der Waals surface area contributed by atoms with Crippen molar-refractivity contribution in [2.45, 2.75) is 31.5 Å². The van der Waals surface area contributed by atoms with Crippen molar-refractivity contribution in [2.75, 3.05) is 13.7 Å². The topological polar surface area (TPSA) is 49.7 Å². The molecule has 3 atom stereocenters. The molecule has 1 fully saturated rings. The van der Waals surface area contributed by atoms with E-state index in [1.54, 1.807) is 7.11 Å². The van der Waals surface area contributed by atoms with Crippen LogP contribution in [0, 0.1) is 5.92 Å². The standard InChI is InChI=1S/C8H16O3/c1-11-8-3-2-6(5-9)4-7(8)10/h6-10H,2-5H2,1H3. The van der Waals surface area contributed by atoms with E-state index in [1.807, 2.05) is 0 Å². The Balaban J connectivity index is 2.34. The summed E-state index contributed by atoms with van der Waals surface area (Å²) in [6.45, 7) is 0.188. The molecule has 1 aliphatic rings. The molecule has 0 aromatic rings. The lowest BCUT2D eigenvalue weighted by Crippen LogP contribution is -2.36. The molecule has 0 amide bonds. The van der Waals surface area contributed by atoms with Gasteiger partial charge >= 0.3 is 0 Å². The summed E-state index contributed by atoms with van der Waals surface area (Å²) in [4.78, 5) is 0. The van der Waals surface area contributed by atoms with E-state index < -0.39 is 0 Å². The normalized spacial score (nSPS) is 39.0. The fourth-order valence-electron chi connectivity index (χ4n) is 1.64. The second-order valence-corrected chi connectivity index (χ2v) is 3.20. The van der Waals surface area contributed by atoms with Gasteiger partial charge in [-0.2, -0.15) is 0 Å². The van der Waals surface area contributed by atoms with Gasteiger partial charge in [0, 0.05) is 13.7 Å². The lowest BCUT2D eigenvalue weighted by molar-refractivity contribution is -0.0557. The average molecular weight is 160 g/mol. The SMILES string of the molecule is COC1CCC(CO)CC1O. The Labute approximate surface area is 67.0 Å². The Hall–Kier alpha value is -0.120. The van der Waals surface area contributed by atoms with Crippen LogP contribution < -0.4 is 0 Å². The molecule has 3 unspecified atom stereocenters. The van der Waals surface area contributed by atoms with Gasteiger partial charge < -0.3 is 14.9 Å². The van der Waals surface area contributed by atoms with Crippen molar-refractivity contribution >= 4 is 0 Å². The molecule has 3 nitrogen and oxygen atoms in total. The van der Waals surface area contributed by atoms with Gasteiger partial charge in [-0.05, 0) is 25.2 Å². The summed E-state index contributed by atoms with van der Waals surface area (Å²) in [5, 5.41) is 18.3. The van der Waals surface area contributed by atoms with Gasteiger partial charge in [0.25, 0.3) is 0 Å². The van der Waals surface area contributed by atoms with Gasteiger partial charge in [0.1, 0.15) is 0 Å². The van der Waals surface area contributed by atoms with Crippen molar-refractivity contribution in [1.29, 1.82) is 0 Å². The van der Waals surface area contributed by atoms with E-state index in [1.165, 1.54) is 0 Å². The summed E-state index contributed by atoms with van der Waals surface area (Å²) in [6, 6.07) is 0. The van der Waals surface area contributed by atoms with Crippen LogP contribution in [0.3, 0.4) is 0 Å². The molecule has 0 spiro atoms. The Morgan fingerprint density at radius 2 is 2.18 bits per heavy atom. The van der Waals surface area contributed by atoms with Crippen LogP contribution >= 0.6 is 0 Å². The number of hydrogen-bond acceptors (Lipinski definition) is 3. The molecule has 1 saturated carbocycles. The smallest absolute Gasteiger partial charge is 0.0830 e. The minimum atomic E-state index is -0.383. The van der Waals surface area contributed by atoms with Crippen LogP contribution in [-0.4, -0.2) is 36.1 Å². The lowest BCUT2D eigenvalue weighted by Gasteiger charge is -2.30. The molecule has 0 heterocycles. The third-order valence-corrected chi connectivity index (χ3v) is 2.42. The van der Waals surface area contributed by atoms with Crippen molar-refractivity contribution in [1.82, 2.24) is 0 Å². The fourth-order valence-corrected chi connectivity index (χ4v) is 1.64. The number of rotatable bonds is 2. The maximum absolute atomic E-state index is 9.43. The van der Waals surface area contributed by atoms with Crippen LogP contribution in [0.2, 0.25) is 0 Å². The summed E-state index contributed by atoms with van der Waals surface area (Å²) in [5.41, 5.74) is 0. The molecule has 3 heteroatoms. The number of aliphatic hydroxyl groups is 2. The first-order valence-corrected chi connectivity index (χ1v) is 4.09. The van der Waals surface area contributed by atoms with Gasteiger partial charge in [-0.15, -0.1) is 0 Å². The quantitative estimate of drug-likeness (QED) is 0.604. The summed E-state index contributed by atoms with van der Waals surface area (Å²) in [5.74, 6) is 0.274. The highest BCUT2D eigenvalue weighted by atomic mass is 16.5. The second-order valence-electron chi connectivity index (χ2n) is 3.20. The van der Waals surface area contributed by atoms with E-state index in [9.17, 15) is 5.11 Å². The molecular weight excluding hydrogens is 144 g/mol. The van der Waals surface area contributed by atoms with Gasteiger partial charge in [0.05, 0.1) is 12.2 Å². The third-order valence-electron chi connectivity index (χ3n) is 2.42. The molecule has 1 rings (SSSR count). The summed E-state index contributed by atoms with van der Waals surface area (Å²) >= 11 is 0. The minimum Gasteiger partial charge on any atom is -0.396 e. The van der Waals surface area contributed by atoms with Gasteiger partial charge in [0.2, 0.25) is 0 Å². The molecule has 0 aliphatic heterocycles. The Kier molecular flexibility index (Phi) is 3.30. The maximum atomic E-state index is 9.43. The van der Waals surface area contributed by atoms with Gasteiger partial charge in [-0.1, -0.05) is 0 Å².